The fourth-order valence-electron chi connectivity index (χ4n) is 2.77. The molecule has 0 bridgehead atoms. The van der Waals surface area contributed by atoms with Crippen LogP contribution in [0.5, 0.6) is 0 Å². The number of rotatable bonds is 6. The van der Waals surface area contributed by atoms with Crippen LogP contribution in [-0.2, 0) is 11.2 Å². The predicted molar refractivity (Wildman–Crippen MR) is 117 cm³/mol. The molecule has 0 fully saturated rings. The Balaban J connectivity index is 1.63. The molecule has 0 aliphatic carbocycles. The highest BCUT2D eigenvalue weighted by molar-refractivity contribution is 7.99. The Morgan fingerprint density at radius 3 is 2.59 bits per heavy atom. The van der Waals surface area contributed by atoms with Gasteiger partial charge in [0.1, 0.15) is 0 Å². The molecule has 5 heteroatoms. The van der Waals surface area contributed by atoms with Crippen molar-refractivity contribution in [3.05, 3.63) is 64.5 Å². The van der Waals surface area contributed by atoms with E-state index in [1.165, 1.54) is 27.4 Å². The van der Waals surface area contributed by atoms with Crippen molar-refractivity contribution < 1.29 is 4.79 Å². The first-order chi connectivity index (χ1) is 12.9. The van der Waals surface area contributed by atoms with E-state index in [4.69, 9.17) is 0 Å². The lowest BCUT2D eigenvalue weighted by Gasteiger charge is -2.06. The Labute approximate surface area is 169 Å². The third kappa shape index (κ3) is 5.44. The van der Waals surface area contributed by atoms with Gasteiger partial charge in [0.25, 0.3) is 0 Å². The van der Waals surface area contributed by atoms with Crippen LogP contribution in [0.4, 0.5) is 5.13 Å². The fourth-order valence-corrected chi connectivity index (χ4v) is 4.34. The number of anilines is 1. The number of hydrogen-bond donors (Lipinski definition) is 1. The average molecular weight is 397 g/mol. The lowest BCUT2D eigenvalue weighted by molar-refractivity contribution is -0.115. The molecule has 0 saturated carbocycles. The number of hydrogen-bond acceptors (Lipinski definition) is 4. The summed E-state index contributed by atoms with van der Waals surface area (Å²) in [6, 6.07) is 14.5. The van der Waals surface area contributed by atoms with Crippen LogP contribution in [0.1, 0.15) is 30.5 Å². The molecule has 1 N–H and O–H groups in total. The van der Waals surface area contributed by atoms with Crippen LogP contribution < -0.4 is 5.32 Å². The van der Waals surface area contributed by atoms with E-state index in [-0.39, 0.29) is 5.91 Å². The molecule has 0 aliphatic heterocycles. The normalized spacial score (nSPS) is 11.0. The van der Waals surface area contributed by atoms with Crippen molar-refractivity contribution >= 4 is 34.1 Å². The molecule has 3 aromatic rings. The molecule has 0 unspecified atom stereocenters. The molecule has 3 rings (SSSR count). The van der Waals surface area contributed by atoms with Gasteiger partial charge in [-0.05, 0) is 43.2 Å². The van der Waals surface area contributed by atoms with Crippen molar-refractivity contribution in [3.63, 3.8) is 0 Å². The number of carbonyl (C=O) groups is 1. The highest BCUT2D eigenvalue weighted by Gasteiger charge is 2.11. The van der Waals surface area contributed by atoms with Crippen LogP contribution in [0, 0.1) is 13.8 Å². The average Bonchev–Trinajstić information content (AvgIpc) is 3.06. The lowest BCUT2D eigenvalue weighted by Crippen LogP contribution is -2.14. The molecular formula is C22H24N2OS2. The quantitative estimate of drug-likeness (QED) is 0.511. The van der Waals surface area contributed by atoms with Crippen LogP contribution in [0.2, 0.25) is 0 Å². The summed E-state index contributed by atoms with van der Waals surface area (Å²) < 4.78 is 0. The van der Waals surface area contributed by atoms with Gasteiger partial charge in [-0.1, -0.05) is 43.7 Å². The fraction of sp³-hybridized carbons (Fsp3) is 0.273. The molecule has 1 amide bonds. The zero-order valence-electron chi connectivity index (χ0n) is 16.1. The largest absolute Gasteiger partial charge is 0.302 e. The van der Waals surface area contributed by atoms with Gasteiger partial charge in [-0.2, -0.15) is 0 Å². The molecular weight excluding hydrogens is 372 g/mol. The number of thioether (sulfide) groups is 1. The van der Waals surface area contributed by atoms with E-state index in [2.05, 4.69) is 68.3 Å². The van der Waals surface area contributed by atoms with E-state index >= 15 is 0 Å². The summed E-state index contributed by atoms with van der Waals surface area (Å²) in [7, 11) is 0. The van der Waals surface area contributed by atoms with E-state index in [1.54, 1.807) is 0 Å². The molecule has 1 aromatic heterocycles. The number of nitrogens with one attached hydrogen (secondary N) is 1. The molecule has 27 heavy (non-hydrogen) atoms. The molecule has 0 radical (unpaired) electrons. The zero-order valence-corrected chi connectivity index (χ0v) is 17.7. The van der Waals surface area contributed by atoms with Gasteiger partial charge in [0.2, 0.25) is 5.91 Å². The Bertz CT molecular complexity index is 930. The predicted octanol–water partition coefficient (Wildman–Crippen LogP) is 6.11. The number of amides is 1. The van der Waals surface area contributed by atoms with E-state index in [0.29, 0.717) is 16.8 Å². The van der Waals surface area contributed by atoms with Gasteiger partial charge in [0.15, 0.2) is 5.13 Å². The Morgan fingerprint density at radius 2 is 1.89 bits per heavy atom. The summed E-state index contributed by atoms with van der Waals surface area (Å²) in [5, 5.41) is 6.11. The van der Waals surface area contributed by atoms with E-state index in [9.17, 15) is 4.79 Å². The van der Waals surface area contributed by atoms with E-state index in [0.717, 1.165) is 16.8 Å². The monoisotopic (exact) mass is 396 g/mol. The maximum Gasteiger partial charge on any atom is 0.230 e. The second-order valence-electron chi connectivity index (χ2n) is 6.89. The van der Waals surface area contributed by atoms with Crippen molar-refractivity contribution in [2.45, 2.75) is 44.3 Å². The van der Waals surface area contributed by atoms with Gasteiger partial charge in [0.05, 0.1) is 12.1 Å². The van der Waals surface area contributed by atoms with Gasteiger partial charge in [-0.15, -0.1) is 23.1 Å². The molecule has 0 spiro atoms. The second-order valence-corrected chi connectivity index (χ2v) is 9.40. The maximum absolute atomic E-state index is 12.4. The summed E-state index contributed by atoms with van der Waals surface area (Å²) in [6.45, 7) is 8.50. The summed E-state index contributed by atoms with van der Waals surface area (Å²) in [5.41, 5.74) is 5.42. The van der Waals surface area contributed by atoms with Crippen LogP contribution >= 0.6 is 23.1 Å². The number of nitrogens with zero attached hydrogens (tertiary/aromatic N) is 1. The SMILES string of the molecule is Cc1ccc(C)c(-c2csc(NC(=O)Cc3ccc(SC(C)C)cc3)n2)c1. The molecule has 0 atom stereocenters. The highest BCUT2D eigenvalue weighted by atomic mass is 32.2. The molecule has 0 saturated heterocycles. The second kappa shape index (κ2) is 8.72. The minimum atomic E-state index is -0.0406. The Morgan fingerprint density at radius 1 is 1.15 bits per heavy atom. The topological polar surface area (TPSA) is 42.0 Å². The zero-order chi connectivity index (χ0) is 19.4. The molecule has 1 heterocycles. The van der Waals surface area contributed by atoms with Crippen molar-refractivity contribution in [2.75, 3.05) is 5.32 Å². The third-order valence-corrected chi connectivity index (χ3v) is 5.85. The number of benzene rings is 2. The van der Waals surface area contributed by atoms with Crippen molar-refractivity contribution in [1.82, 2.24) is 4.98 Å². The van der Waals surface area contributed by atoms with Crippen molar-refractivity contribution in [2.24, 2.45) is 0 Å². The summed E-state index contributed by atoms with van der Waals surface area (Å²) in [6.07, 6.45) is 0.352. The standard InChI is InChI=1S/C22H24N2OS2/c1-14(2)27-18-9-7-17(8-10-18)12-21(25)24-22-23-20(13-26-22)19-11-15(3)5-6-16(19)4/h5-11,13-14H,12H2,1-4H3,(H,23,24,25). The van der Waals surface area contributed by atoms with Gasteiger partial charge in [0, 0.05) is 21.1 Å². The van der Waals surface area contributed by atoms with Crippen LogP contribution in [0.25, 0.3) is 11.3 Å². The smallest absolute Gasteiger partial charge is 0.230 e. The first-order valence-corrected chi connectivity index (χ1v) is 10.8. The van der Waals surface area contributed by atoms with Gasteiger partial charge in [-0.25, -0.2) is 4.98 Å². The third-order valence-electron chi connectivity index (χ3n) is 4.08. The summed E-state index contributed by atoms with van der Waals surface area (Å²) in [5.74, 6) is -0.0406. The van der Waals surface area contributed by atoms with Crippen molar-refractivity contribution in [1.29, 1.82) is 0 Å². The van der Waals surface area contributed by atoms with Crippen LogP contribution in [-0.4, -0.2) is 16.1 Å². The maximum atomic E-state index is 12.4. The molecule has 140 valence electrons. The van der Waals surface area contributed by atoms with E-state index < -0.39 is 0 Å². The number of thiazole rings is 1. The Kier molecular flexibility index (Phi) is 6.34. The van der Waals surface area contributed by atoms with Gasteiger partial charge >= 0.3 is 0 Å². The molecule has 0 aliphatic rings. The lowest BCUT2D eigenvalue weighted by atomic mass is 10.0. The minimum absolute atomic E-state index is 0.0406. The minimum Gasteiger partial charge on any atom is -0.302 e. The number of carbonyl (C=O) groups excluding carboxylic acids is 1. The van der Waals surface area contributed by atoms with Gasteiger partial charge in [-0.3, -0.25) is 4.79 Å². The highest BCUT2D eigenvalue weighted by Crippen LogP contribution is 2.28. The number of aromatic nitrogens is 1. The van der Waals surface area contributed by atoms with Gasteiger partial charge < -0.3 is 5.32 Å². The molecule has 3 nitrogen and oxygen atoms in total. The first kappa shape index (κ1) is 19.6. The first-order valence-electron chi connectivity index (χ1n) is 8.99. The van der Waals surface area contributed by atoms with E-state index in [1.807, 2.05) is 29.3 Å². The van der Waals surface area contributed by atoms with Crippen molar-refractivity contribution in [3.8, 4) is 11.3 Å². The van der Waals surface area contributed by atoms with Crippen LogP contribution in [0.3, 0.4) is 0 Å². The molecule has 2 aromatic carbocycles. The number of aryl methyl sites for hydroxylation is 2. The Hall–Kier alpha value is -2.11. The van der Waals surface area contributed by atoms with Crippen LogP contribution in [0.15, 0.2) is 52.7 Å². The summed E-state index contributed by atoms with van der Waals surface area (Å²) >= 11 is 3.28. The summed E-state index contributed by atoms with van der Waals surface area (Å²) in [4.78, 5) is 18.2.